The minimum Gasteiger partial charge on any atom is -0.508 e. The van der Waals surface area contributed by atoms with Crippen LogP contribution in [0.25, 0.3) is 0 Å². The van der Waals surface area contributed by atoms with Gasteiger partial charge in [0.1, 0.15) is 23.3 Å². The monoisotopic (exact) mass is 652 g/mol. The topological polar surface area (TPSA) is 151 Å². The molecule has 48 heavy (non-hydrogen) atoms. The fourth-order valence-electron chi connectivity index (χ4n) is 4.86. The van der Waals surface area contributed by atoms with Gasteiger partial charge in [0.05, 0.1) is 18.6 Å². The number of nitrogens with one attached hydrogen (secondary N) is 2. The number of hydrogen-bond acceptors (Lipinski definition) is 7. The number of anilines is 1. The zero-order chi connectivity index (χ0) is 34.3. The van der Waals surface area contributed by atoms with Gasteiger partial charge in [0.2, 0.25) is 5.91 Å². The number of esters is 1. The molecule has 4 aromatic carbocycles. The molecule has 0 saturated carbocycles. The number of phenols is 1. The van der Waals surface area contributed by atoms with Gasteiger partial charge in [-0.1, -0.05) is 62.9 Å². The molecule has 2 amide bonds. The number of carbonyl (C=O) groups is 4. The second kappa shape index (κ2) is 17.9. The summed E-state index contributed by atoms with van der Waals surface area (Å²) in [5, 5.41) is 24.9. The summed E-state index contributed by atoms with van der Waals surface area (Å²) in [4.78, 5) is 49.8. The molecule has 0 saturated heterocycles. The number of aromatic hydroxyl groups is 1. The van der Waals surface area contributed by atoms with Crippen molar-refractivity contribution in [2.24, 2.45) is 0 Å². The number of aliphatic carboxylic acids is 1. The summed E-state index contributed by atoms with van der Waals surface area (Å²) >= 11 is 0. The van der Waals surface area contributed by atoms with Gasteiger partial charge in [-0.25, -0.2) is 9.59 Å². The Kier molecular flexibility index (Phi) is 13.1. The lowest BCUT2D eigenvalue weighted by Gasteiger charge is -2.15. The highest BCUT2D eigenvalue weighted by Gasteiger charge is 2.21. The van der Waals surface area contributed by atoms with Crippen LogP contribution in [0.1, 0.15) is 70.9 Å². The van der Waals surface area contributed by atoms with E-state index in [0.717, 1.165) is 12.8 Å². The van der Waals surface area contributed by atoms with Crippen LogP contribution >= 0.6 is 0 Å². The Labute approximate surface area is 279 Å². The van der Waals surface area contributed by atoms with Crippen molar-refractivity contribution in [2.75, 3.05) is 11.9 Å². The predicted octanol–water partition coefficient (Wildman–Crippen LogP) is 6.57. The maximum atomic E-state index is 12.8. The molecule has 10 heteroatoms. The normalized spacial score (nSPS) is 11.3. The van der Waals surface area contributed by atoms with Crippen LogP contribution in [0.15, 0.2) is 97.1 Å². The highest BCUT2D eigenvalue weighted by atomic mass is 16.5. The number of phenolic OH excluding ortho intramolecular Hbond substituents is 1. The van der Waals surface area contributed by atoms with Crippen molar-refractivity contribution in [3.05, 3.63) is 119 Å². The highest BCUT2D eigenvalue weighted by molar-refractivity contribution is 5.98. The minimum absolute atomic E-state index is 0.00413. The van der Waals surface area contributed by atoms with Crippen molar-refractivity contribution in [1.29, 1.82) is 0 Å². The van der Waals surface area contributed by atoms with Crippen LogP contribution in [0.3, 0.4) is 0 Å². The minimum atomic E-state index is -1.22. The summed E-state index contributed by atoms with van der Waals surface area (Å²) in [6.07, 6.45) is 5.71. The zero-order valence-corrected chi connectivity index (χ0v) is 26.8. The number of carbonyl (C=O) groups excluding carboxylic acids is 3. The maximum Gasteiger partial charge on any atom is 0.343 e. The van der Waals surface area contributed by atoms with Crippen LogP contribution in [0, 0.1) is 0 Å². The first-order valence-corrected chi connectivity index (χ1v) is 16.0. The van der Waals surface area contributed by atoms with Crippen molar-refractivity contribution in [1.82, 2.24) is 5.32 Å². The molecular weight excluding hydrogens is 612 g/mol. The van der Waals surface area contributed by atoms with Crippen molar-refractivity contribution in [2.45, 2.75) is 57.9 Å². The standard InChI is InChI=1S/C38H40N2O8/c1-2-3-4-5-8-23-47-31-21-15-28(16-22-31)38(46)48-32-19-11-26(12-20-32)24-33(37(44)45)40-36(43)27-13-17-30(18-14-27)39-35(42)25-29-9-6-7-10-34(29)41/h6-7,9-22,33,41H,2-5,8,23-25H2,1H3,(H,39,42)(H,40,43)(H,44,45). The van der Waals surface area contributed by atoms with Crippen LogP contribution < -0.4 is 20.1 Å². The van der Waals surface area contributed by atoms with Gasteiger partial charge in [0.25, 0.3) is 5.91 Å². The molecule has 1 atom stereocenters. The Balaban J connectivity index is 1.25. The van der Waals surface area contributed by atoms with Crippen molar-refractivity contribution >= 4 is 29.4 Å². The molecule has 0 bridgehead atoms. The van der Waals surface area contributed by atoms with E-state index < -0.39 is 23.9 Å². The molecule has 250 valence electrons. The van der Waals surface area contributed by atoms with E-state index in [1.54, 1.807) is 66.7 Å². The van der Waals surface area contributed by atoms with E-state index in [2.05, 4.69) is 17.6 Å². The van der Waals surface area contributed by atoms with Crippen molar-refractivity contribution < 1.29 is 38.9 Å². The van der Waals surface area contributed by atoms with Crippen LogP contribution in [-0.2, 0) is 22.4 Å². The molecular formula is C38H40N2O8. The maximum absolute atomic E-state index is 12.8. The van der Waals surface area contributed by atoms with E-state index in [9.17, 15) is 29.4 Å². The molecule has 0 radical (unpaired) electrons. The summed E-state index contributed by atoms with van der Waals surface area (Å²) < 4.78 is 11.2. The highest BCUT2D eigenvalue weighted by Crippen LogP contribution is 2.20. The summed E-state index contributed by atoms with van der Waals surface area (Å²) in [5.41, 5.74) is 2.12. The van der Waals surface area contributed by atoms with Crippen LogP contribution in [-0.4, -0.2) is 46.6 Å². The predicted molar refractivity (Wildman–Crippen MR) is 182 cm³/mol. The number of ether oxygens (including phenoxy) is 2. The van der Waals surface area contributed by atoms with E-state index in [4.69, 9.17) is 9.47 Å². The van der Waals surface area contributed by atoms with Gasteiger partial charge in [-0.2, -0.15) is 0 Å². The van der Waals surface area contributed by atoms with Gasteiger partial charge in [-0.15, -0.1) is 0 Å². The summed E-state index contributed by atoms with van der Waals surface area (Å²) in [7, 11) is 0. The number of hydrogen-bond donors (Lipinski definition) is 4. The molecule has 0 spiro atoms. The molecule has 0 aromatic heterocycles. The van der Waals surface area contributed by atoms with Gasteiger partial charge >= 0.3 is 11.9 Å². The first-order valence-electron chi connectivity index (χ1n) is 16.0. The van der Waals surface area contributed by atoms with Crippen LogP contribution in [0.2, 0.25) is 0 Å². The number of benzene rings is 4. The molecule has 4 rings (SSSR count). The SMILES string of the molecule is CCCCCCCOc1ccc(C(=O)Oc2ccc(CC(NC(=O)c3ccc(NC(=O)Cc4ccccc4O)cc3)C(=O)O)cc2)cc1. The first kappa shape index (κ1) is 35.2. The number of rotatable bonds is 17. The zero-order valence-electron chi connectivity index (χ0n) is 26.8. The third kappa shape index (κ3) is 11.0. The van der Waals surface area contributed by atoms with Gasteiger partial charge in [-0.05, 0) is 78.7 Å². The lowest BCUT2D eigenvalue weighted by atomic mass is 10.0. The summed E-state index contributed by atoms with van der Waals surface area (Å²) in [5.74, 6) is -1.68. The van der Waals surface area contributed by atoms with E-state index in [1.807, 2.05) is 0 Å². The van der Waals surface area contributed by atoms with Gasteiger partial charge in [0.15, 0.2) is 0 Å². The number of amides is 2. The van der Waals surface area contributed by atoms with Gasteiger partial charge in [0, 0.05) is 23.2 Å². The molecule has 0 fully saturated rings. The summed E-state index contributed by atoms with van der Waals surface area (Å²) in [6, 6.07) is 24.5. The van der Waals surface area contributed by atoms with Crippen molar-refractivity contribution in [3.8, 4) is 17.2 Å². The van der Waals surface area contributed by atoms with Crippen molar-refractivity contribution in [3.63, 3.8) is 0 Å². The van der Waals surface area contributed by atoms with Gasteiger partial charge in [-0.3, -0.25) is 9.59 Å². The number of carboxylic acid groups (broad SMARTS) is 1. The molecule has 4 aromatic rings. The van der Waals surface area contributed by atoms with E-state index >= 15 is 0 Å². The molecule has 1 unspecified atom stereocenters. The van der Waals surface area contributed by atoms with Crippen LogP contribution in [0.4, 0.5) is 5.69 Å². The third-order valence-corrected chi connectivity index (χ3v) is 7.56. The van der Waals surface area contributed by atoms with E-state index in [-0.39, 0.29) is 30.1 Å². The fourth-order valence-corrected chi connectivity index (χ4v) is 4.86. The smallest absolute Gasteiger partial charge is 0.343 e. The molecule has 0 aliphatic rings. The Morgan fingerprint density at radius 1 is 0.750 bits per heavy atom. The Hall–Kier alpha value is -5.64. The molecule has 0 aliphatic heterocycles. The quantitative estimate of drug-likeness (QED) is 0.0568. The van der Waals surface area contributed by atoms with Crippen LogP contribution in [0.5, 0.6) is 17.2 Å². The molecule has 4 N–H and O–H groups in total. The second-order valence-electron chi connectivity index (χ2n) is 11.3. The van der Waals surface area contributed by atoms with E-state index in [1.165, 1.54) is 49.6 Å². The number of unbranched alkanes of at least 4 members (excludes halogenated alkanes) is 4. The molecule has 0 heterocycles. The Morgan fingerprint density at radius 3 is 2.06 bits per heavy atom. The van der Waals surface area contributed by atoms with E-state index in [0.29, 0.717) is 40.5 Å². The Morgan fingerprint density at radius 2 is 1.40 bits per heavy atom. The first-order chi connectivity index (χ1) is 23.2. The fraction of sp³-hybridized carbons (Fsp3) is 0.263. The average Bonchev–Trinajstić information content (AvgIpc) is 3.08. The Bertz CT molecular complexity index is 1670. The lowest BCUT2D eigenvalue weighted by Crippen LogP contribution is -2.42. The average molecular weight is 653 g/mol. The second-order valence-corrected chi connectivity index (χ2v) is 11.3. The number of para-hydroxylation sites is 1. The third-order valence-electron chi connectivity index (χ3n) is 7.56. The van der Waals surface area contributed by atoms with Gasteiger partial charge < -0.3 is 30.3 Å². The summed E-state index contributed by atoms with van der Waals surface area (Å²) in [6.45, 7) is 2.81. The number of carboxylic acids is 1. The largest absolute Gasteiger partial charge is 0.508 e. The molecule has 0 aliphatic carbocycles. The lowest BCUT2D eigenvalue weighted by molar-refractivity contribution is -0.139. The molecule has 10 nitrogen and oxygen atoms in total.